The minimum absolute atomic E-state index is 0.636. The van der Waals surface area contributed by atoms with E-state index in [1.165, 1.54) is 26.8 Å². The van der Waals surface area contributed by atoms with Gasteiger partial charge in [0.1, 0.15) is 6.61 Å². The molecule has 3 nitrogen and oxygen atoms in total. The van der Waals surface area contributed by atoms with E-state index in [4.69, 9.17) is 9.47 Å². The third kappa shape index (κ3) is 2.69. The van der Waals surface area contributed by atoms with E-state index in [0.717, 1.165) is 24.6 Å². The van der Waals surface area contributed by atoms with E-state index in [9.17, 15) is 0 Å². The standard InChI is InChI=1S/C19H19NO2S/c1-2-21-17-10-13(9-14-11-20-7-8-22-19(14)17)16-12-23-18-6-4-3-5-15(16)18/h3-6,9-10,12,20H,2,7-8,11H2,1H3. The number of hydrogen-bond donors (Lipinski definition) is 1. The second-order valence-electron chi connectivity index (χ2n) is 5.57. The van der Waals surface area contributed by atoms with Crippen molar-refractivity contribution in [1.29, 1.82) is 0 Å². The molecule has 0 saturated carbocycles. The Balaban J connectivity index is 1.88. The summed E-state index contributed by atoms with van der Waals surface area (Å²) in [5, 5.41) is 6.93. The quantitative estimate of drug-likeness (QED) is 0.772. The molecule has 3 aromatic rings. The molecule has 0 radical (unpaired) electrons. The summed E-state index contributed by atoms with van der Waals surface area (Å²) in [6.07, 6.45) is 0. The van der Waals surface area contributed by atoms with Gasteiger partial charge in [0, 0.05) is 34.3 Å². The summed E-state index contributed by atoms with van der Waals surface area (Å²) in [5.41, 5.74) is 3.62. The molecule has 23 heavy (non-hydrogen) atoms. The van der Waals surface area contributed by atoms with Crippen LogP contribution in [-0.4, -0.2) is 19.8 Å². The molecule has 0 atom stereocenters. The molecule has 2 aromatic carbocycles. The van der Waals surface area contributed by atoms with Gasteiger partial charge in [-0.1, -0.05) is 18.2 Å². The zero-order chi connectivity index (χ0) is 15.6. The Labute approximate surface area is 139 Å². The Kier molecular flexibility index (Phi) is 3.93. The summed E-state index contributed by atoms with van der Waals surface area (Å²) in [4.78, 5) is 0. The fourth-order valence-corrected chi connectivity index (χ4v) is 3.99. The van der Waals surface area contributed by atoms with Crippen LogP contribution < -0.4 is 14.8 Å². The first-order valence-electron chi connectivity index (χ1n) is 7.96. The predicted molar refractivity (Wildman–Crippen MR) is 95.6 cm³/mol. The Morgan fingerprint density at radius 3 is 3.09 bits per heavy atom. The lowest BCUT2D eigenvalue weighted by Gasteiger charge is -2.15. The summed E-state index contributed by atoms with van der Waals surface area (Å²) in [7, 11) is 0. The smallest absolute Gasteiger partial charge is 0.165 e. The Morgan fingerprint density at radius 2 is 2.17 bits per heavy atom. The second kappa shape index (κ2) is 6.22. The number of benzene rings is 2. The lowest BCUT2D eigenvalue weighted by molar-refractivity contribution is 0.282. The van der Waals surface area contributed by atoms with Gasteiger partial charge in [-0.2, -0.15) is 0 Å². The zero-order valence-electron chi connectivity index (χ0n) is 13.1. The maximum absolute atomic E-state index is 5.91. The minimum Gasteiger partial charge on any atom is -0.490 e. The van der Waals surface area contributed by atoms with Gasteiger partial charge in [-0.25, -0.2) is 0 Å². The van der Waals surface area contributed by atoms with Crippen LogP contribution in [0.15, 0.2) is 41.8 Å². The molecule has 1 aromatic heterocycles. The number of nitrogens with one attached hydrogen (secondary N) is 1. The van der Waals surface area contributed by atoms with E-state index in [1.807, 2.05) is 6.92 Å². The van der Waals surface area contributed by atoms with Gasteiger partial charge < -0.3 is 14.8 Å². The van der Waals surface area contributed by atoms with Crippen molar-refractivity contribution in [3.8, 4) is 22.6 Å². The highest BCUT2D eigenvalue weighted by Gasteiger charge is 2.18. The molecule has 1 aliphatic heterocycles. The molecule has 0 saturated heterocycles. The third-order valence-corrected chi connectivity index (χ3v) is 5.03. The van der Waals surface area contributed by atoms with Crippen LogP contribution in [0.1, 0.15) is 12.5 Å². The summed E-state index contributed by atoms with van der Waals surface area (Å²) >= 11 is 1.78. The van der Waals surface area contributed by atoms with Crippen LogP contribution in [0.2, 0.25) is 0 Å². The van der Waals surface area contributed by atoms with Crippen LogP contribution in [-0.2, 0) is 6.54 Å². The molecule has 0 amide bonds. The molecule has 4 heteroatoms. The molecule has 4 rings (SSSR count). The molecule has 1 N–H and O–H groups in total. The molecule has 0 bridgehead atoms. The maximum atomic E-state index is 5.91. The van der Waals surface area contributed by atoms with Gasteiger partial charge in [-0.3, -0.25) is 0 Å². The van der Waals surface area contributed by atoms with Gasteiger partial charge in [0.05, 0.1) is 6.61 Å². The largest absolute Gasteiger partial charge is 0.490 e. The second-order valence-corrected chi connectivity index (χ2v) is 6.48. The van der Waals surface area contributed by atoms with E-state index in [1.54, 1.807) is 11.3 Å². The van der Waals surface area contributed by atoms with E-state index in [0.29, 0.717) is 13.2 Å². The first-order chi connectivity index (χ1) is 11.4. The summed E-state index contributed by atoms with van der Waals surface area (Å²) in [6.45, 7) is 4.99. The van der Waals surface area contributed by atoms with Crippen LogP contribution in [0.5, 0.6) is 11.5 Å². The van der Waals surface area contributed by atoms with Crippen molar-refractivity contribution in [2.75, 3.05) is 19.8 Å². The van der Waals surface area contributed by atoms with Crippen molar-refractivity contribution in [2.45, 2.75) is 13.5 Å². The lowest BCUT2D eigenvalue weighted by atomic mass is 10.0. The molecule has 1 aliphatic rings. The fourth-order valence-electron chi connectivity index (χ4n) is 3.02. The average molecular weight is 325 g/mol. The number of thiophene rings is 1. The highest BCUT2D eigenvalue weighted by atomic mass is 32.1. The highest BCUT2D eigenvalue weighted by molar-refractivity contribution is 7.17. The van der Waals surface area contributed by atoms with Crippen LogP contribution in [0.4, 0.5) is 0 Å². The van der Waals surface area contributed by atoms with Gasteiger partial charge in [0.15, 0.2) is 11.5 Å². The maximum Gasteiger partial charge on any atom is 0.165 e. The van der Waals surface area contributed by atoms with Crippen molar-refractivity contribution in [3.05, 3.63) is 47.3 Å². The molecule has 0 unspecified atom stereocenters. The van der Waals surface area contributed by atoms with Crippen molar-refractivity contribution in [3.63, 3.8) is 0 Å². The van der Waals surface area contributed by atoms with Gasteiger partial charge >= 0.3 is 0 Å². The first-order valence-corrected chi connectivity index (χ1v) is 8.84. The minimum atomic E-state index is 0.636. The summed E-state index contributed by atoms with van der Waals surface area (Å²) in [6, 6.07) is 12.9. The van der Waals surface area contributed by atoms with Gasteiger partial charge in [0.25, 0.3) is 0 Å². The molecule has 0 spiro atoms. The van der Waals surface area contributed by atoms with Gasteiger partial charge in [-0.15, -0.1) is 11.3 Å². The number of rotatable bonds is 3. The predicted octanol–water partition coefficient (Wildman–Crippen LogP) is 4.45. The molecule has 0 fully saturated rings. The summed E-state index contributed by atoms with van der Waals surface area (Å²) < 4.78 is 13.1. The number of ether oxygens (including phenoxy) is 2. The molecular formula is C19H19NO2S. The number of hydrogen-bond acceptors (Lipinski definition) is 4. The van der Waals surface area contributed by atoms with E-state index >= 15 is 0 Å². The Morgan fingerprint density at radius 1 is 1.26 bits per heavy atom. The fraction of sp³-hybridized carbons (Fsp3) is 0.263. The van der Waals surface area contributed by atoms with Crippen molar-refractivity contribution < 1.29 is 9.47 Å². The van der Waals surface area contributed by atoms with E-state index in [2.05, 4.69) is 47.1 Å². The molecular weight excluding hydrogens is 306 g/mol. The van der Waals surface area contributed by atoms with E-state index < -0.39 is 0 Å². The monoisotopic (exact) mass is 325 g/mol. The third-order valence-electron chi connectivity index (χ3n) is 4.06. The SMILES string of the molecule is CCOc1cc(-c2csc3ccccc23)cc2c1OCCNC2. The highest BCUT2D eigenvalue weighted by Crippen LogP contribution is 2.41. The van der Waals surface area contributed by atoms with Crippen molar-refractivity contribution in [1.82, 2.24) is 5.32 Å². The molecule has 0 aliphatic carbocycles. The molecule has 118 valence electrons. The average Bonchev–Trinajstić information content (AvgIpc) is 2.86. The Hall–Kier alpha value is -2.04. The van der Waals surface area contributed by atoms with Crippen LogP contribution in [0.3, 0.4) is 0 Å². The van der Waals surface area contributed by atoms with Gasteiger partial charge in [0.2, 0.25) is 0 Å². The summed E-state index contributed by atoms with van der Waals surface area (Å²) in [5.74, 6) is 1.74. The Bertz CT molecular complexity index is 841. The van der Waals surface area contributed by atoms with Crippen LogP contribution in [0.25, 0.3) is 21.2 Å². The van der Waals surface area contributed by atoms with Crippen LogP contribution >= 0.6 is 11.3 Å². The van der Waals surface area contributed by atoms with Crippen LogP contribution in [0, 0.1) is 0 Å². The van der Waals surface area contributed by atoms with E-state index in [-0.39, 0.29) is 0 Å². The lowest BCUT2D eigenvalue weighted by Crippen LogP contribution is -2.16. The topological polar surface area (TPSA) is 30.5 Å². The zero-order valence-corrected chi connectivity index (χ0v) is 13.9. The van der Waals surface area contributed by atoms with Crippen molar-refractivity contribution in [2.24, 2.45) is 0 Å². The van der Waals surface area contributed by atoms with Gasteiger partial charge in [-0.05, 0) is 36.1 Å². The normalized spacial score (nSPS) is 14.1. The molecule has 2 heterocycles. The van der Waals surface area contributed by atoms with Crippen molar-refractivity contribution >= 4 is 21.4 Å². The first kappa shape index (κ1) is 14.5. The number of fused-ring (bicyclic) bond motifs is 2.